The number of nitrogens with zero attached hydrogens (tertiary/aromatic N) is 3. The molecule has 0 bridgehead atoms. The third kappa shape index (κ3) is 3.65. The van der Waals surface area contributed by atoms with Crippen molar-refractivity contribution < 1.29 is 4.79 Å². The van der Waals surface area contributed by atoms with Gasteiger partial charge in [0.25, 0.3) is 0 Å². The summed E-state index contributed by atoms with van der Waals surface area (Å²) in [4.78, 5) is 19.6. The number of fused-ring (bicyclic) bond motifs is 1. The van der Waals surface area contributed by atoms with E-state index in [2.05, 4.69) is 40.9 Å². The molecule has 4 rings (SSSR count). The summed E-state index contributed by atoms with van der Waals surface area (Å²) in [6.45, 7) is 5.02. The normalized spacial score (nSPS) is 22.0. The van der Waals surface area contributed by atoms with E-state index in [9.17, 15) is 4.79 Å². The predicted octanol–water partition coefficient (Wildman–Crippen LogP) is 4.42. The topological polar surface area (TPSA) is 38.1 Å². The quantitative estimate of drug-likeness (QED) is 0.816. The number of hydrogen-bond donors (Lipinski definition) is 0. The minimum Gasteiger partial charge on any atom is -0.342 e. The van der Waals surface area contributed by atoms with E-state index in [1.807, 2.05) is 0 Å². The molecule has 4 heteroatoms. The maximum absolute atomic E-state index is 12.7. The SMILES string of the molecule is CCn1ccc2cc(CC3CCCN(C(=O)C4CCCC4)CC3)cnc21. The van der Waals surface area contributed by atoms with E-state index >= 15 is 0 Å². The summed E-state index contributed by atoms with van der Waals surface area (Å²) in [5, 5.41) is 1.25. The molecule has 140 valence electrons. The summed E-state index contributed by atoms with van der Waals surface area (Å²) < 4.78 is 2.19. The van der Waals surface area contributed by atoms with Crippen LogP contribution in [0.1, 0.15) is 57.4 Å². The molecule has 1 saturated carbocycles. The van der Waals surface area contributed by atoms with Crippen LogP contribution in [-0.4, -0.2) is 33.4 Å². The van der Waals surface area contributed by atoms with Gasteiger partial charge in [-0.15, -0.1) is 0 Å². The molecule has 1 atom stereocenters. The first kappa shape index (κ1) is 17.6. The zero-order chi connectivity index (χ0) is 17.9. The summed E-state index contributed by atoms with van der Waals surface area (Å²) in [7, 11) is 0. The third-order valence-corrected chi connectivity index (χ3v) is 6.39. The third-order valence-electron chi connectivity index (χ3n) is 6.39. The summed E-state index contributed by atoms with van der Waals surface area (Å²) in [5.74, 6) is 1.43. The second kappa shape index (κ2) is 7.81. The zero-order valence-electron chi connectivity index (χ0n) is 16.0. The highest BCUT2D eigenvalue weighted by Gasteiger charge is 2.28. The maximum atomic E-state index is 12.7. The molecule has 1 amide bonds. The molecule has 26 heavy (non-hydrogen) atoms. The molecule has 1 aliphatic carbocycles. The molecule has 0 spiro atoms. The fourth-order valence-corrected chi connectivity index (χ4v) is 4.84. The molecule has 1 saturated heterocycles. The van der Waals surface area contributed by atoms with E-state index in [4.69, 9.17) is 4.98 Å². The fourth-order valence-electron chi connectivity index (χ4n) is 4.84. The molecule has 2 aromatic rings. The number of aromatic nitrogens is 2. The first-order chi connectivity index (χ1) is 12.7. The molecule has 0 N–H and O–H groups in total. The lowest BCUT2D eigenvalue weighted by molar-refractivity contribution is -0.135. The van der Waals surface area contributed by atoms with Crippen LogP contribution in [0.4, 0.5) is 0 Å². The molecule has 0 radical (unpaired) electrons. The summed E-state index contributed by atoms with van der Waals surface area (Å²) >= 11 is 0. The highest BCUT2D eigenvalue weighted by molar-refractivity contribution is 5.79. The molecular formula is C22H31N3O. The van der Waals surface area contributed by atoms with Gasteiger partial charge in [0.2, 0.25) is 5.91 Å². The van der Waals surface area contributed by atoms with Gasteiger partial charge in [0.1, 0.15) is 5.65 Å². The van der Waals surface area contributed by atoms with E-state index < -0.39 is 0 Å². The average molecular weight is 354 g/mol. The van der Waals surface area contributed by atoms with Crippen molar-refractivity contribution >= 4 is 16.9 Å². The first-order valence-corrected chi connectivity index (χ1v) is 10.5. The lowest BCUT2D eigenvalue weighted by atomic mass is 9.93. The Morgan fingerprint density at radius 2 is 2.00 bits per heavy atom. The van der Waals surface area contributed by atoms with Crippen LogP contribution in [0.3, 0.4) is 0 Å². The lowest BCUT2D eigenvalue weighted by Crippen LogP contribution is -2.36. The van der Waals surface area contributed by atoms with Crippen molar-refractivity contribution in [1.29, 1.82) is 0 Å². The largest absolute Gasteiger partial charge is 0.342 e. The van der Waals surface area contributed by atoms with E-state index in [0.717, 1.165) is 57.4 Å². The van der Waals surface area contributed by atoms with Crippen molar-refractivity contribution in [3.05, 3.63) is 30.1 Å². The Labute approximate surface area is 156 Å². The number of carbonyl (C=O) groups is 1. The van der Waals surface area contributed by atoms with Gasteiger partial charge in [0, 0.05) is 43.3 Å². The Balaban J connectivity index is 1.37. The van der Waals surface area contributed by atoms with Gasteiger partial charge in [-0.05, 0) is 69.1 Å². The first-order valence-electron chi connectivity index (χ1n) is 10.5. The Morgan fingerprint density at radius 1 is 1.15 bits per heavy atom. The van der Waals surface area contributed by atoms with E-state index in [-0.39, 0.29) is 0 Å². The molecule has 2 aromatic heterocycles. The minimum atomic E-state index is 0.320. The molecule has 4 nitrogen and oxygen atoms in total. The van der Waals surface area contributed by atoms with Gasteiger partial charge >= 0.3 is 0 Å². The van der Waals surface area contributed by atoms with Crippen molar-refractivity contribution in [3.63, 3.8) is 0 Å². The van der Waals surface area contributed by atoms with Crippen molar-refractivity contribution in [1.82, 2.24) is 14.5 Å². The Hall–Kier alpha value is -1.84. The van der Waals surface area contributed by atoms with Crippen LogP contribution in [0.5, 0.6) is 0 Å². The van der Waals surface area contributed by atoms with Crippen molar-refractivity contribution in [2.45, 2.75) is 64.8 Å². The van der Waals surface area contributed by atoms with Gasteiger partial charge in [-0.2, -0.15) is 0 Å². The molecule has 1 aliphatic heterocycles. The smallest absolute Gasteiger partial charge is 0.225 e. The Kier molecular flexibility index (Phi) is 5.28. The van der Waals surface area contributed by atoms with Crippen molar-refractivity contribution in [2.24, 2.45) is 11.8 Å². The summed E-state index contributed by atoms with van der Waals surface area (Å²) in [5.41, 5.74) is 2.43. The van der Waals surface area contributed by atoms with Gasteiger partial charge in [0.15, 0.2) is 0 Å². The summed E-state index contributed by atoms with van der Waals surface area (Å²) in [6.07, 6.45) is 13.5. The second-order valence-corrected chi connectivity index (χ2v) is 8.17. The van der Waals surface area contributed by atoms with Crippen LogP contribution in [0.2, 0.25) is 0 Å². The molecular weight excluding hydrogens is 322 g/mol. The molecule has 0 aromatic carbocycles. The predicted molar refractivity (Wildman–Crippen MR) is 105 cm³/mol. The molecule has 2 fully saturated rings. The Bertz CT molecular complexity index is 760. The number of likely N-dealkylation sites (tertiary alicyclic amines) is 1. The summed E-state index contributed by atoms with van der Waals surface area (Å²) in [6, 6.07) is 4.48. The highest BCUT2D eigenvalue weighted by Crippen LogP contribution is 2.29. The fraction of sp³-hybridized carbons (Fsp3) is 0.636. The van der Waals surface area contributed by atoms with E-state index in [1.54, 1.807) is 0 Å². The second-order valence-electron chi connectivity index (χ2n) is 8.17. The minimum absolute atomic E-state index is 0.320. The number of aryl methyl sites for hydroxylation is 1. The Morgan fingerprint density at radius 3 is 2.81 bits per heavy atom. The van der Waals surface area contributed by atoms with Crippen molar-refractivity contribution in [3.8, 4) is 0 Å². The van der Waals surface area contributed by atoms with Crippen LogP contribution in [0.25, 0.3) is 11.0 Å². The van der Waals surface area contributed by atoms with Gasteiger partial charge in [0.05, 0.1) is 0 Å². The van der Waals surface area contributed by atoms with Crippen LogP contribution in [0, 0.1) is 11.8 Å². The van der Waals surface area contributed by atoms with Gasteiger partial charge < -0.3 is 9.47 Å². The standard InChI is InChI=1S/C22H31N3O/c1-2-24-13-10-20-15-18(16-23-21(20)24)14-17-6-5-11-25(12-9-17)22(26)19-7-3-4-8-19/h10,13,15-17,19H,2-9,11-12,14H2,1H3. The zero-order valence-corrected chi connectivity index (χ0v) is 16.0. The number of carbonyl (C=O) groups excluding carboxylic acids is 1. The molecule has 1 unspecified atom stereocenters. The number of hydrogen-bond acceptors (Lipinski definition) is 2. The maximum Gasteiger partial charge on any atom is 0.225 e. The van der Waals surface area contributed by atoms with Gasteiger partial charge in [-0.25, -0.2) is 4.98 Å². The van der Waals surface area contributed by atoms with Crippen LogP contribution in [-0.2, 0) is 17.8 Å². The lowest BCUT2D eigenvalue weighted by Gasteiger charge is -2.24. The van der Waals surface area contributed by atoms with E-state index in [1.165, 1.54) is 30.2 Å². The van der Waals surface area contributed by atoms with Crippen LogP contribution < -0.4 is 0 Å². The monoisotopic (exact) mass is 353 g/mol. The molecule has 3 heterocycles. The van der Waals surface area contributed by atoms with Crippen LogP contribution >= 0.6 is 0 Å². The van der Waals surface area contributed by atoms with Crippen LogP contribution in [0.15, 0.2) is 24.5 Å². The number of pyridine rings is 1. The average Bonchev–Trinajstić information content (AvgIpc) is 3.27. The number of rotatable bonds is 4. The number of amides is 1. The van der Waals surface area contributed by atoms with E-state index in [0.29, 0.717) is 17.7 Å². The van der Waals surface area contributed by atoms with Crippen molar-refractivity contribution in [2.75, 3.05) is 13.1 Å². The van der Waals surface area contributed by atoms with Gasteiger partial charge in [-0.3, -0.25) is 4.79 Å². The highest BCUT2D eigenvalue weighted by atomic mass is 16.2. The van der Waals surface area contributed by atoms with Gasteiger partial charge in [-0.1, -0.05) is 12.8 Å². The molecule has 2 aliphatic rings.